The van der Waals surface area contributed by atoms with Crippen molar-refractivity contribution in [3.05, 3.63) is 101 Å². The van der Waals surface area contributed by atoms with Gasteiger partial charge in [-0.25, -0.2) is 0 Å². The number of phenolic OH excluding ortho intramolecular Hbond substituents is 1. The van der Waals surface area contributed by atoms with E-state index in [-0.39, 0.29) is 0 Å². The molecule has 22 heavy (non-hydrogen) atoms. The average Bonchev–Trinajstić information content (AvgIpc) is 2.58. The molecule has 0 saturated carbocycles. The molecule has 3 aromatic carbocycles. The fourth-order valence-corrected chi connectivity index (χ4v) is 3.07. The fraction of sp³-hybridized carbons (Fsp3) is 0.143. The van der Waals surface area contributed by atoms with E-state index in [0.717, 1.165) is 11.1 Å². The zero-order chi connectivity index (χ0) is 15.6. The Hall–Kier alpha value is -2.54. The molecule has 0 heterocycles. The maximum atomic E-state index is 10.5. The SMILES string of the molecule is Cc1ccc(O)c(C(C)(c2ccccc2)c2ccccc2)c1. The summed E-state index contributed by atoms with van der Waals surface area (Å²) in [5, 5.41) is 10.5. The molecule has 3 aromatic rings. The largest absolute Gasteiger partial charge is 0.508 e. The molecule has 0 unspecified atom stereocenters. The fourth-order valence-electron chi connectivity index (χ4n) is 3.07. The third-order valence-corrected chi connectivity index (χ3v) is 4.39. The molecule has 0 aromatic heterocycles. The molecule has 0 aliphatic rings. The van der Waals surface area contributed by atoms with Crippen molar-refractivity contribution in [1.29, 1.82) is 0 Å². The van der Waals surface area contributed by atoms with Crippen molar-refractivity contribution in [3.63, 3.8) is 0 Å². The zero-order valence-corrected chi connectivity index (χ0v) is 13.0. The van der Waals surface area contributed by atoms with E-state index >= 15 is 0 Å². The van der Waals surface area contributed by atoms with Gasteiger partial charge >= 0.3 is 0 Å². The predicted molar refractivity (Wildman–Crippen MR) is 91.3 cm³/mol. The maximum Gasteiger partial charge on any atom is 0.120 e. The van der Waals surface area contributed by atoms with Crippen molar-refractivity contribution >= 4 is 0 Å². The Labute approximate surface area is 131 Å². The van der Waals surface area contributed by atoms with Crippen LogP contribution < -0.4 is 0 Å². The summed E-state index contributed by atoms with van der Waals surface area (Å²) in [5.74, 6) is 0.334. The highest BCUT2D eigenvalue weighted by Crippen LogP contribution is 2.42. The van der Waals surface area contributed by atoms with E-state index in [0.29, 0.717) is 5.75 Å². The molecule has 0 aliphatic carbocycles. The molecule has 0 fully saturated rings. The van der Waals surface area contributed by atoms with E-state index in [1.54, 1.807) is 6.07 Å². The van der Waals surface area contributed by atoms with E-state index in [4.69, 9.17) is 0 Å². The van der Waals surface area contributed by atoms with Crippen LogP contribution >= 0.6 is 0 Å². The van der Waals surface area contributed by atoms with Crippen molar-refractivity contribution in [2.75, 3.05) is 0 Å². The Morgan fingerprint density at radius 2 is 1.23 bits per heavy atom. The molecule has 110 valence electrons. The number of hydrogen-bond donors (Lipinski definition) is 1. The lowest BCUT2D eigenvalue weighted by Crippen LogP contribution is -2.25. The smallest absolute Gasteiger partial charge is 0.120 e. The first-order chi connectivity index (χ1) is 10.6. The molecule has 0 amide bonds. The zero-order valence-electron chi connectivity index (χ0n) is 13.0. The third-order valence-electron chi connectivity index (χ3n) is 4.39. The van der Waals surface area contributed by atoms with Gasteiger partial charge in [0, 0.05) is 11.0 Å². The highest BCUT2D eigenvalue weighted by atomic mass is 16.3. The molecule has 1 nitrogen and oxygen atoms in total. The summed E-state index contributed by atoms with van der Waals surface area (Å²) in [6.07, 6.45) is 0. The first-order valence-corrected chi connectivity index (χ1v) is 7.53. The second kappa shape index (κ2) is 5.69. The first kappa shape index (κ1) is 14.4. The van der Waals surface area contributed by atoms with Gasteiger partial charge in [0.2, 0.25) is 0 Å². The topological polar surface area (TPSA) is 20.2 Å². The Morgan fingerprint density at radius 1 is 0.727 bits per heavy atom. The normalized spacial score (nSPS) is 11.4. The van der Waals surface area contributed by atoms with Crippen LogP contribution in [0, 0.1) is 6.92 Å². The number of phenols is 1. The quantitative estimate of drug-likeness (QED) is 0.668. The molecule has 0 saturated heterocycles. The number of benzene rings is 3. The van der Waals surface area contributed by atoms with Crippen LogP contribution in [0.15, 0.2) is 78.9 Å². The summed E-state index contributed by atoms with van der Waals surface area (Å²) < 4.78 is 0. The molecule has 0 spiro atoms. The van der Waals surface area contributed by atoms with Gasteiger partial charge in [-0.05, 0) is 31.0 Å². The van der Waals surface area contributed by atoms with E-state index in [1.165, 1.54) is 11.1 Å². The van der Waals surface area contributed by atoms with Crippen LogP contribution in [0.1, 0.15) is 29.2 Å². The van der Waals surface area contributed by atoms with Crippen LogP contribution in [-0.2, 0) is 5.41 Å². The van der Waals surface area contributed by atoms with Crippen LogP contribution in [0.5, 0.6) is 5.75 Å². The molecule has 0 atom stereocenters. The van der Waals surface area contributed by atoms with Gasteiger partial charge in [-0.2, -0.15) is 0 Å². The Kier molecular flexibility index (Phi) is 3.72. The maximum absolute atomic E-state index is 10.5. The highest BCUT2D eigenvalue weighted by molar-refractivity contribution is 5.54. The lowest BCUT2D eigenvalue weighted by Gasteiger charge is -2.32. The molecule has 3 rings (SSSR count). The second-order valence-corrected chi connectivity index (χ2v) is 5.88. The van der Waals surface area contributed by atoms with Crippen LogP contribution in [0.2, 0.25) is 0 Å². The summed E-state index contributed by atoms with van der Waals surface area (Å²) >= 11 is 0. The number of rotatable bonds is 3. The Balaban J connectivity index is 2.31. The highest BCUT2D eigenvalue weighted by Gasteiger charge is 2.33. The second-order valence-electron chi connectivity index (χ2n) is 5.88. The van der Waals surface area contributed by atoms with Crippen molar-refractivity contribution in [1.82, 2.24) is 0 Å². The monoisotopic (exact) mass is 288 g/mol. The lowest BCUT2D eigenvalue weighted by atomic mass is 9.70. The summed E-state index contributed by atoms with van der Waals surface area (Å²) in [6.45, 7) is 4.23. The van der Waals surface area contributed by atoms with Gasteiger partial charge in [-0.15, -0.1) is 0 Å². The van der Waals surface area contributed by atoms with Gasteiger partial charge in [0.15, 0.2) is 0 Å². The summed E-state index contributed by atoms with van der Waals surface area (Å²) in [7, 11) is 0. The van der Waals surface area contributed by atoms with E-state index in [9.17, 15) is 5.11 Å². The van der Waals surface area contributed by atoms with Crippen LogP contribution in [0.25, 0.3) is 0 Å². The minimum atomic E-state index is -0.390. The standard InChI is InChI=1S/C21H20O/c1-16-13-14-20(22)19(15-16)21(2,17-9-5-3-6-10-17)18-11-7-4-8-12-18/h3-15,22H,1-2H3. The van der Waals surface area contributed by atoms with Crippen LogP contribution in [0.3, 0.4) is 0 Å². The van der Waals surface area contributed by atoms with Gasteiger partial charge in [0.05, 0.1) is 0 Å². The van der Waals surface area contributed by atoms with Crippen LogP contribution in [-0.4, -0.2) is 5.11 Å². The minimum Gasteiger partial charge on any atom is -0.508 e. The number of aromatic hydroxyl groups is 1. The molecule has 1 heteroatoms. The summed E-state index contributed by atoms with van der Waals surface area (Å²) in [5.41, 5.74) is 4.03. The Bertz CT molecular complexity index is 721. The van der Waals surface area contributed by atoms with Gasteiger partial charge in [0.1, 0.15) is 5.75 Å². The molecule has 0 aliphatic heterocycles. The van der Waals surface area contributed by atoms with Crippen molar-refractivity contribution < 1.29 is 5.11 Å². The number of hydrogen-bond acceptors (Lipinski definition) is 1. The summed E-state index contributed by atoms with van der Waals surface area (Å²) in [4.78, 5) is 0. The van der Waals surface area contributed by atoms with Crippen molar-refractivity contribution in [3.8, 4) is 5.75 Å². The molecule has 0 radical (unpaired) electrons. The average molecular weight is 288 g/mol. The predicted octanol–water partition coefficient (Wildman–Crippen LogP) is 5.05. The third kappa shape index (κ3) is 2.39. The molecule has 0 bridgehead atoms. The molecular formula is C21H20O. The van der Waals surface area contributed by atoms with E-state index in [2.05, 4.69) is 44.2 Å². The van der Waals surface area contributed by atoms with Crippen molar-refractivity contribution in [2.45, 2.75) is 19.3 Å². The van der Waals surface area contributed by atoms with Crippen LogP contribution in [0.4, 0.5) is 0 Å². The summed E-state index contributed by atoms with van der Waals surface area (Å²) in [6, 6.07) is 26.5. The van der Waals surface area contributed by atoms with Gasteiger partial charge in [-0.3, -0.25) is 0 Å². The van der Waals surface area contributed by atoms with Gasteiger partial charge in [-0.1, -0.05) is 78.4 Å². The van der Waals surface area contributed by atoms with Gasteiger partial charge < -0.3 is 5.11 Å². The number of aryl methyl sites for hydroxylation is 1. The minimum absolute atomic E-state index is 0.334. The van der Waals surface area contributed by atoms with E-state index in [1.807, 2.05) is 42.5 Å². The molecule has 1 N–H and O–H groups in total. The van der Waals surface area contributed by atoms with Gasteiger partial charge in [0.25, 0.3) is 0 Å². The van der Waals surface area contributed by atoms with E-state index < -0.39 is 5.41 Å². The molecular weight excluding hydrogens is 268 g/mol. The van der Waals surface area contributed by atoms with Crippen molar-refractivity contribution in [2.24, 2.45) is 0 Å². The Morgan fingerprint density at radius 3 is 1.73 bits per heavy atom. The first-order valence-electron chi connectivity index (χ1n) is 7.53. The lowest BCUT2D eigenvalue weighted by molar-refractivity contribution is 0.457.